The highest BCUT2D eigenvalue weighted by molar-refractivity contribution is 7.10. The maximum Gasteiger partial charge on any atom is 0.136 e. The Bertz CT molecular complexity index is 523. The van der Waals surface area contributed by atoms with E-state index < -0.39 is 0 Å². The van der Waals surface area contributed by atoms with Crippen LogP contribution in [0.2, 0.25) is 0 Å². The average molecular weight is 281 g/mol. The molecule has 0 fully saturated rings. The van der Waals surface area contributed by atoms with Crippen molar-refractivity contribution in [2.45, 2.75) is 6.61 Å². The molecular formula is C12H15N3O3S. The number of hydrogen-bond donors (Lipinski definition) is 1. The molecule has 19 heavy (non-hydrogen) atoms. The van der Waals surface area contributed by atoms with E-state index in [0.717, 1.165) is 10.7 Å². The minimum atomic E-state index is 0.336. The predicted molar refractivity (Wildman–Crippen MR) is 73.3 cm³/mol. The standard InChI is InChI=1S/C12H15N3O3S/c1-13-12-11(14-15-19-12)7-18-10-5-8(16-2)4-9(6-10)17-3/h4-6,13H,7H2,1-3H3. The molecule has 0 aliphatic heterocycles. The third-order valence-electron chi connectivity index (χ3n) is 2.48. The monoisotopic (exact) mass is 281 g/mol. The van der Waals surface area contributed by atoms with Gasteiger partial charge in [-0.15, -0.1) is 5.10 Å². The molecule has 0 radical (unpaired) electrons. The molecule has 6 nitrogen and oxygen atoms in total. The molecule has 0 saturated heterocycles. The molecule has 2 aromatic rings. The maximum absolute atomic E-state index is 5.68. The summed E-state index contributed by atoms with van der Waals surface area (Å²) in [6.45, 7) is 0.336. The first-order valence-corrected chi connectivity index (χ1v) is 6.39. The molecule has 0 amide bonds. The Balaban J connectivity index is 2.10. The first-order chi connectivity index (χ1) is 9.26. The molecule has 0 spiro atoms. The zero-order valence-corrected chi connectivity index (χ0v) is 11.8. The molecule has 0 unspecified atom stereocenters. The van der Waals surface area contributed by atoms with Crippen molar-refractivity contribution in [1.29, 1.82) is 0 Å². The van der Waals surface area contributed by atoms with Crippen LogP contribution in [0.1, 0.15) is 5.69 Å². The lowest BCUT2D eigenvalue weighted by Crippen LogP contribution is -2.00. The van der Waals surface area contributed by atoms with Crippen molar-refractivity contribution in [3.05, 3.63) is 23.9 Å². The minimum absolute atomic E-state index is 0.336. The van der Waals surface area contributed by atoms with Crippen LogP contribution in [0.5, 0.6) is 17.2 Å². The van der Waals surface area contributed by atoms with E-state index in [1.807, 2.05) is 7.05 Å². The SMILES string of the molecule is CNc1snnc1COc1cc(OC)cc(OC)c1. The number of methoxy groups -OCH3 is 2. The molecule has 0 aliphatic carbocycles. The summed E-state index contributed by atoms with van der Waals surface area (Å²) in [5, 5.41) is 7.92. The van der Waals surface area contributed by atoms with Gasteiger partial charge in [0.2, 0.25) is 0 Å². The number of ether oxygens (including phenoxy) is 3. The van der Waals surface area contributed by atoms with Gasteiger partial charge in [0.15, 0.2) is 0 Å². The summed E-state index contributed by atoms with van der Waals surface area (Å²) < 4.78 is 19.9. The lowest BCUT2D eigenvalue weighted by Gasteiger charge is -2.09. The molecular weight excluding hydrogens is 266 g/mol. The number of anilines is 1. The first kappa shape index (κ1) is 13.4. The Labute approximate surface area is 115 Å². The number of rotatable bonds is 6. The summed E-state index contributed by atoms with van der Waals surface area (Å²) in [7, 11) is 5.03. The maximum atomic E-state index is 5.68. The van der Waals surface area contributed by atoms with E-state index in [1.165, 1.54) is 11.5 Å². The van der Waals surface area contributed by atoms with Gasteiger partial charge in [0.05, 0.1) is 14.2 Å². The molecule has 1 N–H and O–H groups in total. The van der Waals surface area contributed by atoms with E-state index in [0.29, 0.717) is 23.9 Å². The number of nitrogens with one attached hydrogen (secondary N) is 1. The van der Waals surface area contributed by atoms with E-state index in [9.17, 15) is 0 Å². The quantitative estimate of drug-likeness (QED) is 0.875. The fraction of sp³-hybridized carbons (Fsp3) is 0.333. The van der Waals surface area contributed by atoms with Gasteiger partial charge in [0.25, 0.3) is 0 Å². The summed E-state index contributed by atoms with van der Waals surface area (Å²) in [4.78, 5) is 0. The Kier molecular flexibility index (Phi) is 4.40. The molecule has 1 aromatic heterocycles. The third kappa shape index (κ3) is 3.25. The van der Waals surface area contributed by atoms with Crippen LogP contribution < -0.4 is 19.5 Å². The Morgan fingerprint density at radius 1 is 1.11 bits per heavy atom. The fourth-order valence-corrected chi connectivity index (χ4v) is 2.03. The summed E-state index contributed by atoms with van der Waals surface area (Å²) in [5.41, 5.74) is 0.772. The average Bonchev–Trinajstić information content (AvgIpc) is 2.92. The van der Waals surface area contributed by atoms with E-state index in [4.69, 9.17) is 14.2 Å². The molecule has 102 valence electrons. The second-order valence-electron chi connectivity index (χ2n) is 3.64. The Morgan fingerprint density at radius 3 is 2.32 bits per heavy atom. The number of benzene rings is 1. The molecule has 7 heteroatoms. The highest BCUT2D eigenvalue weighted by Crippen LogP contribution is 2.28. The molecule has 0 aliphatic rings. The van der Waals surface area contributed by atoms with Crippen LogP contribution in [0.25, 0.3) is 0 Å². The zero-order valence-electron chi connectivity index (χ0n) is 11.0. The van der Waals surface area contributed by atoms with Crippen molar-refractivity contribution in [2.75, 3.05) is 26.6 Å². The Morgan fingerprint density at radius 2 is 1.74 bits per heavy atom. The van der Waals surface area contributed by atoms with Crippen molar-refractivity contribution in [1.82, 2.24) is 9.59 Å². The van der Waals surface area contributed by atoms with Crippen molar-refractivity contribution < 1.29 is 14.2 Å². The normalized spacial score (nSPS) is 10.1. The number of aromatic nitrogens is 2. The molecule has 2 rings (SSSR count). The van der Waals surface area contributed by atoms with Crippen LogP contribution in [0.3, 0.4) is 0 Å². The molecule has 1 heterocycles. The summed E-state index contributed by atoms with van der Waals surface area (Å²) >= 11 is 1.30. The molecule has 0 saturated carbocycles. The summed E-state index contributed by atoms with van der Waals surface area (Å²) in [6.07, 6.45) is 0. The molecule has 0 atom stereocenters. The lowest BCUT2D eigenvalue weighted by atomic mass is 10.3. The van der Waals surface area contributed by atoms with Gasteiger partial charge in [-0.05, 0) is 0 Å². The van der Waals surface area contributed by atoms with Gasteiger partial charge >= 0.3 is 0 Å². The smallest absolute Gasteiger partial charge is 0.136 e. The van der Waals surface area contributed by atoms with Crippen LogP contribution in [0, 0.1) is 0 Å². The van der Waals surface area contributed by atoms with Gasteiger partial charge in [-0.3, -0.25) is 0 Å². The van der Waals surface area contributed by atoms with Gasteiger partial charge in [-0.25, -0.2) is 0 Å². The number of nitrogens with zero attached hydrogens (tertiary/aromatic N) is 2. The van der Waals surface area contributed by atoms with Gasteiger partial charge in [0.1, 0.15) is 34.6 Å². The van der Waals surface area contributed by atoms with E-state index in [-0.39, 0.29) is 0 Å². The largest absolute Gasteiger partial charge is 0.496 e. The van der Waals surface area contributed by atoms with E-state index in [1.54, 1.807) is 32.4 Å². The highest BCUT2D eigenvalue weighted by Gasteiger charge is 2.08. The van der Waals surface area contributed by atoms with Crippen molar-refractivity contribution in [3.8, 4) is 17.2 Å². The van der Waals surface area contributed by atoms with Crippen LogP contribution in [0.15, 0.2) is 18.2 Å². The second-order valence-corrected chi connectivity index (χ2v) is 4.39. The Hall–Kier alpha value is -2.02. The first-order valence-electron chi connectivity index (χ1n) is 5.61. The second kappa shape index (κ2) is 6.24. The molecule has 1 aromatic carbocycles. The van der Waals surface area contributed by atoms with Crippen LogP contribution in [-0.2, 0) is 6.61 Å². The van der Waals surface area contributed by atoms with Crippen molar-refractivity contribution in [2.24, 2.45) is 0 Å². The van der Waals surface area contributed by atoms with Crippen LogP contribution in [-0.4, -0.2) is 30.9 Å². The summed E-state index contributed by atoms with van der Waals surface area (Å²) in [5.74, 6) is 2.02. The summed E-state index contributed by atoms with van der Waals surface area (Å²) in [6, 6.07) is 5.37. The van der Waals surface area contributed by atoms with Crippen LogP contribution >= 0.6 is 11.5 Å². The van der Waals surface area contributed by atoms with Gasteiger partial charge in [-0.2, -0.15) is 0 Å². The van der Waals surface area contributed by atoms with Crippen molar-refractivity contribution >= 4 is 16.5 Å². The van der Waals surface area contributed by atoms with Crippen molar-refractivity contribution in [3.63, 3.8) is 0 Å². The fourth-order valence-electron chi connectivity index (χ4n) is 1.51. The zero-order chi connectivity index (χ0) is 13.7. The van der Waals surface area contributed by atoms with Gasteiger partial charge in [-0.1, -0.05) is 4.49 Å². The minimum Gasteiger partial charge on any atom is -0.496 e. The highest BCUT2D eigenvalue weighted by atomic mass is 32.1. The molecule has 0 bridgehead atoms. The number of hydrogen-bond acceptors (Lipinski definition) is 7. The van der Waals surface area contributed by atoms with Crippen LogP contribution in [0.4, 0.5) is 5.00 Å². The third-order valence-corrected chi connectivity index (χ3v) is 3.27. The lowest BCUT2D eigenvalue weighted by molar-refractivity contribution is 0.296. The van der Waals surface area contributed by atoms with E-state index >= 15 is 0 Å². The predicted octanol–water partition coefficient (Wildman–Crippen LogP) is 2.18. The van der Waals surface area contributed by atoms with E-state index in [2.05, 4.69) is 14.9 Å². The van der Waals surface area contributed by atoms with Gasteiger partial charge in [0, 0.05) is 36.8 Å². The van der Waals surface area contributed by atoms with Gasteiger partial charge < -0.3 is 19.5 Å². The topological polar surface area (TPSA) is 65.5 Å².